The number of aryl methyl sites for hydroxylation is 2. The van der Waals surface area contributed by atoms with Gasteiger partial charge in [-0.1, -0.05) is 48.5 Å². The molecule has 2 aromatic heterocycles. The largest absolute Gasteiger partial charge is 0.358 e. The highest BCUT2D eigenvalue weighted by molar-refractivity contribution is 14.0. The van der Waals surface area contributed by atoms with E-state index < -0.39 is 0 Å². The number of rotatable bonds is 7. The van der Waals surface area contributed by atoms with Crippen LogP contribution in [0.25, 0.3) is 10.9 Å². The topological polar surface area (TPSA) is 82.9 Å². The Kier molecular flexibility index (Phi) is 8.26. The summed E-state index contributed by atoms with van der Waals surface area (Å²) in [5, 5.41) is 16.5. The Balaban J connectivity index is 0.00000289. The van der Waals surface area contributed by atoms with Crippen LogP contribution in [0.2, 0.25) is 0 Å². The number of H-pyrrole nitrogens is 1. The van der Waals surface area contributed by atoms with Gasteiger partial charge in [-0.3, -0.25) is 0 Å². The lowest BCUT2D eigenvalue weighted by molar-refractivity contribution is 0.713. The monoisotopic (exact) mass is 543 g/mol. The van der Waals surface area contributed by atoms with Crippen LogP contribution in [-0.4, -0.2) is 32.3 Å². The molecular formula is C24H30IN7. The first-order valence-corrected chi connectivity index (χ1v) is 10.6. The Morgan fingerprint density at radius 2 is 1.75 bits per heavy atom. The Morgan fingerprint density at radius 3 is 2.50 bits per heavy atom. The zero-order valence-corrected chi connectivity index (χ0v) is 21.1. The molecule has 0 aliphatic heterocycles. The molecule has 0 unspecified atom stereocenters. The van der Waals surface area contributed by atoms with Gasteiger partial charge in [-0.15, -0.1) is 34.2 Å². The molecule has 0 spiro atoms. The maximum Gasteiger partial charge on any atom is 0.191 e. The minimum Gasteiger partial charge on any atom is -0.358 e. The third-order valence-electron chi connectivity index (χ3n) is 5.55. The number of hydrogen-bond acceptors (Lipinski definition) is 3. The molecule has 0 amide bonds. The van der Waals surface area contributed by atoms with E-state index in [0.29, 0.717) is 13.1 Å². The Bertz CT molecular complexity index is 1180. The van der Waals surface area contributed by atoms with Gasteiger partial charge in [0.2, 0.25) is 0 Å². The third-order valence-corrected chi connectivity index (χ3v) is 5.55. The first-order chi connectivity index (χ1) is 15.1. The number of aliphatic imine (C=N–C) groups is 1. The van der Waals surface area contributed by atoms with Gasteiger partial charge in [0.1, 0.15) is 5.82 Å². The zero-order valence-electron chi connectivity index (χ0n) is 18.7. The van der Waals surface area contributed by atoms with E-state index in [0.717, 1.165) is 30.6 Å². The molecule has 0 bridgehead atoms. The lowest BCUT2D eigenvalue weighted by Gasteiger charge is -2.13. The summed E-state index contributed by atoms with van der Waals surface area (Å²) in [6.07, 6.45) is 0.908. The van der Waals surface area contributed by atoms with E-state index in [-0.39, 0.29) is 24.0 Å². The molecule has 168 valence electrons. The molecule has 0 atom stereocenters. The normalized spacial score (nSPS) is 11.4. The highest BCUT2D eigenvalue weighted by Crippen LogP contribution is 2.21. The van der Waals surface area contributed by atoms with Gasteiger partial charge < -0.3 is 20.2 Å². The quantitative estimate of drug-likeness (QED) is 0.187. The van der Waals surface area contributed by atoms with Crippen molar-refractivity contribution in [2.24, 2.45) is 12.0 Å². The summed E-state index contributed by atoms with van der Waals surface area (Å²) in [6.45, 7) is 6.03. The molecule has 4 aromatic rings. The van der Waals surface area contributed by atoms with E-state index >= 15 is 0 Å². The summed E-state index contributed by atoms with van der Waals surface area (Å²) in [5.41, 5.74) is 4.91. The van der Waals surface area contributed by atoms with Crippen LogP contribution in [0.1, 0.15) is 28.5 Å². The van der Waals surface area contributed by atoms with Crippen molar-refractivity contribution in [3.63, 3.8) is 0 Å². The number of benzene rings is 2. The van der Waals surface area contributed by atoms with Crippen LogP contribution in [0.4, 0.5) is 0 Å². The Morgan fingerprint density at radius 1 is 1.00 bits per heavy atom. The van der Waals surface area contributed by atoms with E-state index in [4.69, 9.17) is 4.99 Å². The molecule has 32 heavy (non-hydrogen) atoms. The second-order valence-electron chi connectivity index (χ2n) is 7.68. The SMILES string of the molecule is Cc1[nH]c2ccccc2c1CCNC(=NCc1ccccc1)NCc1nnc(C)n1C.I. The summed E-state index contributed by atoms with van der Waals surface area (Å²) >= 11 is 0. The van der Waals surface area contributed by atoms with E-state index in [1.54, 1.807) is 0 Å². The summed E-state index contributed by atoms with van der Waals surface area (Å²) in [6, 6.07) is 18.7. The molecule has 3 N–H and O–H groups in total. The minimum atomic E-state index is 0. The maximum atomic E-state index is 4.78. The fraction of sp³-hybridized carbons (Fsp3) is 0.292. The van der Waals surface area contributed by atoms with Crippen molar-refractivity contribution in [1.82, 2.24) is 30.4 Å². The predicted octanol–water partition coefficient (Wildman–Crippen LogP) is 4.01. The smallest absolute Gasteiger partial charge is 0.191 e. The maximum absolute atomic E-state index is 4.78. The molecule has 0 fully saturated rings. The highest BCUT2D eigenvalue weighted by atomic mass is 127. The first-order valence-electron chi connectivity index (χ1n) is 10.6. The number of guanidine groups is 1. The van der Waals surface area contributed by atoms with Crippen molar-refractivity contribution < 1.29 is 0 Å². The average molecular weight is 543 g/mol. The fourth-order valence-corrected chi connectivity index (χ4v) is 3.66. The van der Waals surface area contributed by atoms with Gasteiger partial charge >= 0.3 is 0 Å². The molecular weight excluding hydrogens is 513 g/mol. The number of hydrogen-bond donors (Lipinski definition) is 3. The third kappa shape index (κ3) is 5.67. The van der Waals surface area contributed by atoms with Crippen molar-refractivity contribution in [3.05, 3.63) is 83.1 Å². The number of para-hydroxylation sites is 1. The number of nitrogens with one attached hydrogen (secondary N) is 3. The predicted molar refractivity (Wildman–Crippen MR) is 140 cm³/mol. The summed E-state index contributed by atoms with van der Waals surface area (Å²) in [7, 11) is 1.97. The van der Waals surface area contributed by atoms with E-state index in [2.05, 4.69) is 69.1 Å². The van der Waals surface area contributed by atoms with Crippen LogP contribution in [0, 0.1) is 13.8 Å². The Hall–Kier alpha value is -2.88. The van der Waals surface area contributed by atoms with Gasteiger partial charge in [0.15, 0.2) is 11.8 Å². The van der Waals surface area contributed by atoms with Gasteiger partial charge in [0.25, 0.3) is 0 Å². The summed E-state index contributed by atoms with van der Waals surface area (Å²) < 4.78 is 1.98. The molecule has 7 nitrogen and oxygen atoms in total. The molecule has 4 rings (SSSR count). The van der Waals surface area contributed by atoms with Crippen molar-refractivity contribution in [2.45, 2.75) is 33.4 Å². The van der Waals surface area contributed by atoms with Crippen molar-refractivity contribution in [2.75, 3.05) is 6.54 Å². The van der Waals surface area contributed by atoms with Crippen molar-refractivity contribution >= 4 is 40.8 Å². The zero-order chi connectivity index (χ0) is 21.6. The van der Waals surface area contributed by atoms with Crippen LogP contribution in [0.3, 0.4) is 0 Å². The van der Waals surface area contributed by atoms with Crippen LogP contribution in [-0.2, 0) is 26.6 Å². The standard InChI is InChI=1S/C24H29N7.HI/c1-17-20(21-11-7-8-12-22(21)28-17)13-14-25-24(26-15-19-9-5-4-6-10-19)27-16-23-30-29-18(2)31(23)3;/h4-12,28H,13-16H2,1-3H3,(H2,25,26,27);1H. The van der Waals surface area contributed by atoms with Gasteiger partial charge in [-0.25, -0.2) is 4.99 Å². The van der Waals surface area contributed by atoms with Crippen LogP contribution in [0.15, 0.2) is 59.6 Å². The average Bonchev–Trinajstić information content (AvgIpc) is 3.28. The van der Waals surface area contributed by atoms with E-state index in [9.17, 15) is 0 Å². The lowest BCUT2D eigenvalue weighted by Crippen LogP contribution is -2.38. The lowest BCUT2D eigenvalue weighted by atomic mass is 10.1. The molecule has 0 aliphatic rings. The Labute approximate surface area is 205 Å². The molecule has 2 heterocycles. The second-order valence-corrected chi connectivity index (χ2v) is 7.68. The minimum absolute atomic E-state index is 0. The van der Waals surface area contributed by atoms with Crippen LogP contribution < -0.4 is 10.6 Å². The van der Waals surface area contributed by atoms with Crippen LogP contribution in [0.5, 0.6) is 0 Å². The molecule has 0 aliphatic carbocycles. The number of aromatic nitrogens is 4. The number of fused-ring (bicyclic) bond motifs is 1. The first kappa shape index (κ1) is 23.8. The van der Waals surface area contributed by atoms with Gasteiger partial charge in [-0.2, -0.15) is 0 Å². The van der Waals surface area contributed by atoms with E-state index in [1.807, 2.05) is 36.7 Å². The number of aromatic amines is 1. The molecule has 8 heteroatoms. The van der Waals surface area contributed by atoms with Gasteiger partial charge in [0.05, 0.1) is 13.1 Å². The molecule has 2 aromatic carbocycles. The van der Waals surface area contributed by atoms with Crippen molar-refractivity contribution in [1.29, 1.82) is 0 Å². The fourth-order valence-electron chi connectivity index (χ4n) is 3.66. The van der Waals surface area contributed by atoms with Gasteiger partial charge in [0, 0.05) is 30.2 Å². The molecule has 0 saturated heterocycles. The number of nitrogens with zero attached hydrogens (tertiary/aromatic N) is 4. The highest BCUT2D eigenvalue weighted by Gasteiger charge is 2.09. The van der Waals surface area contributed by atoms with E-state index in [1.165, 1.54) is 27.7 Å². The summed E-state index contributed by atoms with van der Waals surface area (Å²) in [4.78, 5) is 8.25. The van der Waals surface area contributed by atoms with Crippen LogP contribution >= 0.6 is 24.0 Å². The summed E-state index contributed by atoms with van der Waals surface area (Å²) in [5.74, 6) is 2.53. The van der Waals surface area contributed by atoms with Gasteiger partial charge in [-0.05, 0) is 37.5 Å². The van der Waals surface area contributed by atoms with Crippen molar-refractivity contribution in [3.8, 4) is 0 Å². The molecule has 0 saturated carbocycles. The molecule has 0 radical (unpaired) electrons. The number of halogens is 1. The second kappa shape index (κ2) is 11.1.